The number of aromatic amines is 1. The molecule has 0 radical (unpaired) electrons. The molecule has 28 heavy (non-hydrogen) atoms. The molecular formula is C19H20N8O. The van der Waals surface area contributed by atoms with Gasteiger partial charge in [-0.1, -0.05) is 18.2 Å². The topological polar surface area (TPSA) is 132 Å². The lowest BCUT2D eigenvalue weighted by Gasteiger charge is -2.18. The summed E-state index contributed by atoms with van der Waals surface area (Å²) in [5.74, 6) is 1.29. The van der Waals surface area contributed by atoms with Crippen molar-refractivity contribution < 1.29 is 4.74 Å². The van der Waals surface area contributed by atoms with E-state index in [2.05, 4.69) is 30.9 Å². The Bertz CT molecular complexity index is 1140. The van der Waals surface area contributed by atoms with Crippen molar-refractivity contribution in [1.82, 2.24) is 24.9 Å². The Morgan fingerprint density at radius 3 is 2.82 bits per heavy atom. The third-order valence-electron chi connectivity index (χ3n) is 5.02. The number of hydrogen-bond donors (Lipinski definition) is 3. The summed E-state index contributed by atoms with van der Waals surface area (Å²) in [7, 11) is 0. The molecule has 1 aliphatic heterocycles. The van der Waals surface area contributed by atoms with Crippen molar-refractivity contribution in [2.75, 3.05) is 18.0 Å². The molecule has 1 saturated heterocycles. The normalized spacial score (nSPS) is 16.9. The van der Waals surface area contributed by atoms with Gasteiger partial charge in [-0.3, -0.25) is 0 Å². The lowest BCUT2D eigenvalue weighted by Crippen LogP contribution is -2.27. The van der Waals surface area contributed by atoms with Crippen LogP contribution in [0.1, 0.15) is 12.0 Å². The minimum atomic E-state index is 0.127. The summed E-state index contributed by atoms with van der Waals surface area (Å²) >= 11 is 0. The van der Waals surface area contributed by atoms with Crippen LogP contribution in [0.15, 0.2) is 36.9 Å². The first-order chi connectivity index (χ1) is 13.7. The smallest absolute Gasteiger partial charge is 0.326 e. The fourth-order valence-corrected chi connectivity index (χ4v) is 3.71. The lowest BCUT2D eigenvalue weighted by molar-refractivity contribution is 0.439. The number of benzene rings is 1. The molecule has 1 aromatic carbocycles. The van der Waals surface area contributed by atoms with Crippen LogP contribution in [0.25, 0.3) is 21.9 Å². The van der Waals surface area contributed by atoms with Crippen molar-refractivity contribution in [1.29, 1.82) is 0 Å². The minimum absolute atomic E-state index is 0.127. The molecule has 0 spiro atoms. The molecular weight excluding hydrogens is 356 g/mol. The van der Waals surface area contributed by atoms with Crippen LogP contribution in [0, 0.1) is 0 Å². The Morgan fingerprint density at radius 1 is 1.21 bits per heavy atom. The zero-order valence-electron chi connectivity index (χ0n) is 15.2. The van der Waals surface area contributed by atoms with E-state index in [1.807, 2.05) is 12.1 Å². The predicted octanol–water partition coefficient (Wildman–Crippen LogP) is 1.69. The summed E-state index contributed by atoms with van der Waals surface area (Å²) in [5, 5.41) is 2.00. The number of para-hydroxylation sites is 1. The SMILES string of the molecule is NCc1cccc2c1[nH]c1nc(Oc3cncnc3)nc(N3CC[C@@H](N)C3)c12. The van der Waals surface area contributed by atoms with Crippen molar-refractivity contribution in [3.05, 3.63) is 42.5 Å². The van der Waals surface area contributed by atoms with Gasteiger partial charge in [0.15, 0.2) is 5.75 Å². The van der Waals surface area contributed by atoms with E-state index in [4.69, 9.17) is 21.2 Å². The number of nitrogens with two attached hydrogens (primary N) is 2. The van der Waals surface area contributed by atoms with Gasteiger partial charge in [-0.05, 0) is 12.0 Å². The highest BCUT2D eigenvalue weighted by atomic mass is 16.5. The van der Waals surface area contributed by atoms with E-state index in [1.165, 1.54) is 6.33 Å². The number of nitrogens with one attached hydrogen (secondary N) is 1. The van der Waals surface area contributed by atoms with Crippen molar-refractivity contribution in [3.63, 3.8) is 0 Å². The first-order valence-corrected chi connectivity index (χ1v) is 9.17. The third kappa shape index (κ3) is 2.81. The number of rotatable bonds is 4. The Morgan fingerprint density at radius 2 is 2.07 bits per heavy atom. The summed E-state index contributed by atoms with van der Waals surface area (Å²) in [6.07, 6.45) is 5.51. The van der Waals surface area contributed by atoms with E-state index < -0.39 is 0 Å². The van der Waals surface area contributed by atoms with Gasteiger partial charge >= 0.3 is 6.01 Å². The van der Waals surface area contributed by atoms with Crippen LogP contribution in [0.2, 0.25) is 0 Å². The largest absolute Gasteiger partial charge is 0.421 e. The average Bonchev–Trinajstić information content (AvgIpc) is 3.31. The molecule has 1 aliphatic rings. The van der Waals surface area contributed by atoms with Crippen LogP contribution in [0.4, 0.5) is 5.82 Å². The highest BCUT2D eigenvalue weighted by Crippen LogP contribution is 2.36. The molecule has 4 aromatic rings. The fourth-order valence-electron chi connectivity index (χ4n) is 3.71. The number of hydrogen-bond acceptors (Lipinski definition) is 8. The second kappa shape index (κ2) is 6.70. The van der Waals surface area contributed by atoms with Crippen LogP contribution in [-0.2, 0) is 6.54 Å². The first-order valence-electron chi connectivity index (χ1n) is 9.17. The molecule has 0 bridgehead atoms. The van der Waals surface area contributed by atoms with E-state index in [0.29, 0.717) is 17.9 Å². The second-order valence-electron chi connectivity index (χ2n) is 6.89. The molecule has 0 saturated carbocycles. The van der Waals surface area contributed by atoms with E-state index in [1.54, 1.807) is 12.4 Å². The van der Waals surface area contributed by atoms with Crippen molar-refractivity contribution >= 4 is 27.8 Å². The molecule has 3 aromatic heterocycles. The highest BCUT2D eigenvalue weighted by Gasteiger charge is 2.25. The number of aromatic nitrogens is 5. The number of H-pyrrole nitrogens is 1. The molecule has 0 amide bonds. The molecule has 1 atom stereocenters. The molecule has 5 N–H and O–H groups in total. The molecule has 5 rings (SSSR count). The number of nitrogens with zero attached hydrogens (tertiary/aromatic N) is 5. The average molecular weight is 376 g/mol. The molecule has 9 nitrogen and oxygen atoms in total. The molecule has 142 valence electrons. The van der Waals surface area contributed by atoms with Crippen LogP contribution < -0.4 is 21.1 Å². The maximum Gasteiger partial charge on any atom is 0.326 e. The van der Waals surface area contributed by atoms with Gasteiger partial charge in [-0.15, -0.1) is 0 Å². The minimum Gasteiger partial charge on any atom is -0.421 e. The molecule has 9 heteroatoms. The van der Waals surface area contributed by atoms with Crippen molar-refractivity contribution in [2.24, 2.45) is 11.5 Å². The second-order valence-corrected chi connectivity index (χ2v) is 6.89. The van der Waals surface area contributed by atoms with Gasteiger partial charge in [0.05, 0.1) is 23.3 Å². The number of anilines is 1. The lowest BCUT2D eigenvalue weighted by atomic mass is 10.1. The summed E-state index contributed by atoms with van der Waals surface area (Å²) in [5.41, 5.74) is 14.8. The molecule has 0 aliphatic carbocycles. The van der Waals surface area contributed by atoms with Gasteiger partial charge in [-0.2, -0.15) is 9.97 Å². The predicted molar refractivity (Wildman–Crippen MR) is 106 cm³/mol. The van der Waals surface area contributed by atoms with Crippen LogP contribution in [0.3, 0.4) is 0 Å². The molecule has 4 heterocycles. The van der Waals surface area contributed by atoms with Gasteiger partial charge in [0, 0.05) is 31.1 Å². The van der Waals surface area contributed by atoms with Crippen LogP contribution in [-0.4, -0.2) is 44.1 Å². The zero-order chi connectivity index (χ0) is 19.1. The molecule has 1 fully saturated rings. The van der Waals surface area contributed by atoms with E-state index in [-0.39, 0.29) is 12.1 Å². The van der Waals surface area contributed by atoms with Crippen LogP contribution >= 0.6 is 0 Å². The van der Waals surface area contributed by atoms with E-state index >= 15 is 0 Å². The van der Waals surface area contributed by atoms with Crippen molar-refractivity contribution in [3.8, 4) is 11.8 Å². The number of fused-ring (bicyclic) bond motifs is 3. The summed E-state index contributed by atoms with van der Waals surface area (Å²) in [4.78, 5) is 22.8. The maximum absolute atomic E-state index is 6.14. The highest BCUT2D eigenvalue weighted by molar-refractivity contribution is 6.12. The van der Waals surface area contributed by atoms with Gasteiger partial charge in [0.2, 0.25) is 0 Å². The van der Waals surface area contributed by atoms with E-state index in [9.17, 15) is 0 Å². The Hall–Kier alpha value is -3.30. The first kappa shape index (κ1) is 16.8. The Labute approximate surface area is 160 Å². The van der Waals surface area contributed by atoms with Gasteiger partial charge in [0.1, 0.15) is 17.8 Å². The van der Waals surface area contributed by atoms with Gasteiger partial charge < -0.3 is 26.1 Å². The Kier molecular flexibility index (Phi) is 4.03. The molecule has 0 unspecified atom stereocenters. The van der Waals surface area contributed by atoms with Crippen molar-refractivity contribution in [2.45, 2.75) is 19.0 Å². The monoisotopic (exact) mass is 376 g/mol. The third-order valence-corrected chi connectivity index (χ3v) is 5.02. The van der Waals surface area contributed by atoms with Gasteiger partial charge in [0.25, 0.3) is 0 Å². The zero-order valence-corrected chi connectivity index (χ0v) is 15.2. The quantitative estimate of drug-likeness (QED) is 0.490. The Balaban J connectivity index is 1.72. The van der Waals surface area contributed by atoms with E-state index in [0.717, 1.165) is 47.2 Å². The summed E-state index contributed by atoms with van der Waals surface area (Å²) in [6, 6.07) is 6.43. The maximum atomic E-state index is 6.14. The standard InChI is InChI=1S/C19H20N8O/c20-6-11-2-1-3-14-15-17(24-16(11)14)25-19(28-13-7-22-10-23-8-13)26-18(15)27-5-4-12(21)9-27/h1-3,7-8,10,12H,4-6,9,20-21H2,(H,24,25,26)/t12-/m1/s1. The van der Waals surface area contributed by atoms with Crippen LogP contribution in [0.5, 0.6) is 11.8 Å². The fraction of sp³-hybridized carbons (Fsp3) is 0.263. The number of ether oxygens (including phenoxy) is 1. The summed E-state index contributed by atoms with van der Waals surface area (Å²) in [6.45, 7) is 2.01. The summed E-state index contributed by atoms with van der Waals surface area (Å²) < 4.78 is 5.82. The van der Waals surface area contributed by atoms with Gasteiger partial charge in [-0.25, -0.2) is 9.97 Å².